The van der Waals surface area contributed by atoms with Gasteiger partial charge in [0.15, 0.2) is 0 Å². The van der Waals surface area contributed by atoms with E-state index >= 15 is 0 Å². The third-order valence-corrected chi connectivity index (χ3v) is 5.65. The van der Waals surface area contributed by atoms with E-state index in [1.54, 1.807) is 19.2 Å². The Hall–Kier alpha value is -3.57. The lowest BCUT2D eigenvalue weighted by molar-refractivity contribution is 0.130. The van der Waals surface area contributed by atoms with Crippen LogP contribution in [0.15, 0.2) is 84.0 Å². The van der Waals surface area contributed by atoms with E-state index in [1.807, 2.05) is 68.4 Å². The van der Waals surface area contributed by atoms with Crippen molar-refractivity contribution in [3.63, 3.8) is 0 Å². The average molecular weight is 463 g/mol. The molecule has 0 aliphatic heterocycles. The first-order chi connectivity index (χ1) is 16.0. The molecule has 0 saturated heterocycles. The lowest BCUT2D eigenvalue weighted by atomic mass is 10.1. The first-order valence-corrected chi connectivity index (χ1v) is 10.9. The zero-order valence-corrected chi connectivity index (χ0v) is 19.4. The van der Waals surface area contributed by atoms with Crippen LogP contribution in [0.25, 0.3) is 16.9 Å². The van der Waals surface area contributed by atoms with Crippen LogP contribution in [0, 0.1) is 12.7 Å². The SMILES string of the molecule is COc1cccc(CO/N=C(\C)c2cc(-c3ccc(F)cc3)n(-c3cccc(Cl)c3)c2C)c1. The predicted octanol–water partition coefficient (Wildman–Crippen LogP) is 7.19. The third-order valence-electron chi connectivity index (χ3n) is 5.41. The van der Waals surface area contributed by atoms with Crippen molar-refractivity contribution in [3.8, 4) is 22.7 Å². The van der Waals surface area contributed by atoms with E-state index in [-0.39, 0.29) is 5.82 Å². The highest BCUT2D eigenvalue weighted by Gasteiger charge is 2.17. The molecule has 4 aromatic rings. The number of methoxy groups -OCH3 is 1. The molecule has 4 rings (SSSR count). The number of rotatable bonds is 7. The first kappa shape index (κ1) is 22.6. The van der Waals surface area contributed by atoms with Gasteiger partial charge in [-0.15, -0.1) is 0 Å². The fraction of sp³-hybridized carbons (Fsp3) is 0.148. The van der Waals surface area contributed by atoms with Gasteiger partial charge in [0, 0.05) is 22.0 Å². The second-order valence-electron chi connectivity index (χ2n) is 7.65. The molecule has 168 valence electrons. The number of hydrogen-bond acceptors (Lipinski definition) is 3. The summed E-state index contributed by atoms with van der Waals surface area (Å²) in [4.78, 5) is 5.64. The van der Waals surface area contributed by atoms with E-state index in [9.17, 15) is 4.39 Å². The zero-order chi connectivity index (χ0) is 23.4. The van der Waals surface area contributed by atoms with E-state index in [2.05, 4.69) is 9.72 Å². The highest BCUT2D eigenvalue weighted by atomic mass is 35.5. The van der Waals surface area contributed by atoms with Gasteiger partial charge in [-0.1, -0.05) is 35.0 Å². The van der Waals surface area contributed by atoms with Gasteiger partial charge in [0.1, 0.15) is 18.2 Å². The fourth-order valence-corrected chi connectivity index (χ4v) is 3.95. The summed E-state index contributed by atoms with van der Waals surface area (Å²) in [6.07, 6.45) is 0. The molecule has 0 atom stereocenters. The molecular weight excluding hydrogens is 439 g/mol. The molecule has 0 aliphatic carbocycles. The Labute approximate surface area is 197 Å². The van der Waals surface area contributed by atoms with Crippen LogP contribution in [0.2, 0.25) is 5.02 Å². The quantitative estimate of drug-likeness (QED) is 0.215. The van der Waals surface area contributed by atoms with Crippen LogP contribution in [0.1, 0.15) is 23.7 Å². The van der Waals surface area contributed by atoms with Crippen molar-refractivity contribution >= 4 is 17.3 Å². The molecule has 4 nitrogen and oxygen atoms in total. The van der Waals surface area contributed by atoms with E-state index in [0.29, 0.717) is 11.6 Å². The second-order valence-corrected chi connectivity index (χ2v) is 8.09. The summed E-state index contributed by atoms with van der Waals surface area (Å²) in [7, 11) is 1.63. The van der Waals surface area contributed by atoms with Gasteiger partial charge in [0.25, 0.3) is 0 Å². The largest absolute Gasteiger partial charge is 0.497 e. The van der Waals surface area contributed by atoms with Crippen molar-refractivity contribution < 1.29 is 14.0 Å². The molecule has 1 heterocycles. The van der Waals surface area contributed by atoms with Gasteiger partial charge in [0.2, 0.25) is 0 Å². The van der Waals surface area contributed by atoms with Crippen LogP contribution in [0.4, 0.5) is 4.39 Å². The zero-order valence-electron chi connectivity index (χ0n) is 18.7. The monoisotopic (exact) mass is 462 g/mol. The molecule has 0 bridgehead atoms. The van der Waals surface area contributed by atoms with Gasteiger partial charge >= 0.3 is 0 Å². The minimum Gasteiger partial charge on any atom is -0.497 e. The average Bonchev–Trinajstić information content (AvgIpc) is 3.16. The highest BCUT2D eigenvalue weighted by molar-refractivity contribution is 6.30. The Morgan fingerprint density at radius 3 is 2.48 bits per heavy atom. The molecule has 0 radical (unpaired) electrons. The van der Waals surface area contributed by atoms with Gasteiger partial charge in [-0.25, -0.2) is 4.39 Å². The van der Waals surface area contributed by atoms with Crippen LogP contribution in [-0.2, 0) is 11.4 Å². The number of nitrogens with zero attached hydrogens (tertiary/aromatic N) is 2. The minimum atomic E-state index is -0.278. The summed E-state index contributed by atoms with van der Waals surface area (Å²) in [6.45, 7) is 4.25. The topological polar surface area (TPSA) is 35.8 Å². The van der Waals surface area contributed by atoms with E-state index in [0.717, 1.165) is 45.2 Å². The summed E-state index contributed by atoms with van der Waals surface area (Å²) < 4.78 is 20.9. The summed E-state index contributed by atoms with van der Waals surface area (Å²) in [5.74, 6) is 0.496. The van der Waals surface area contributed by atoms with Crippen molar-refractivity contribution in [2.75, 3.05) is 7.11 Å². The molecular formula is C27H24ClFN2O2. The van der Waals surface area contributed by atoms with Gasteiger partial charge < -0.3 is 14.1 Å². The van der Waals surface area contributed by atoms with Crippen LogP contribution in [0.3, 0.4) is 0 Å². The Morgan fingerprint density at radius 2 is 1.76 bits per heavy atom. The van der Waals surface area contributed by atoms with Gasteiger partial charge in [-0.3, -0.25) is 0 Å². The van der Waals surface area contributed by atoms with E-state index in [4.69, 9.17) is 21.2 Å². The molecule has 6 heteroatoms. The van der Waals surface area contributed by atoms with Crippen molar-refractivity contribution in [1.29, 1.82) is 0 Å². The Bertz CT molecular complexity index is 1300. The number of ether oxygens (including phenoxy) is 1. The molecule has 33 heavy (non-hydrogen) atoms. The van der Waals surface area contributed by atoms with Crippen molar-refractivity contribution in [1.82, 2.24) is 4.57 Å². The maximum atomic E-state index is 13.6. The van der Waals surface area contributed by atoms with Crippen LogP contribution < -0.4 is 4.74 Å². The predicted molar refractivity (Wildman–Crippen MR) is 131 cm³/mol. The number of hydrogen-bond donors (Lipinski definition) is 0. The molecule has 0 fully saturated rings. The van der Waals surface area contributed by atoms with Crippen molar-refractivity contribution in [3.05, 3.63) is 107 Å². The number of halogens is 2. The molecule has 0 aliphatic rings. The van der Waals surface area contributed by atoms with E-state index in [1.165, 1.54) is 12.1 Å². The molecule has 0 amide bonds. The molecule has 0 N–H and O–H groups in total. The normalized spacial score (nSPS) is 11.5. The molecule has 3 aromatic carbocycles. The van der Waals surface area contributed by atoms with Crippen molar-refractivity contribution in [2.45, 2.75) is 20.5 Å². The Balaban J connectivity index is 1.69. The van der Waals surface area contributed by atoms with E-state index < -0.39 is 0 Å². The van der Waals surface area contributed by atoms with Crippen molar-refractivity contribution in [2.24, 2.45) is 5.16 Å². The third kappa shape index (κ3) is 5.10. The lowest BCUT2D eigenvalue weighted by Gasteiger charge is -2.13. The second kappa shape index (κ2) is 9.92. The van der Waals surface area contributed by atoms with Crippen LogP contribution in [0.5, 0.6) is 5.75 Å². The van der Waals surface area contributed by atoms with Gasteiger partial charge in [-0.2, -0.15) is 0 Å². The standard InChI is InChI=1S/C27H24ClFN2O2/c1-18(30-33-17-20-6-4-9-25(14-20)32-3)26-16-27(21-10-12-23(29)13-11-21)31(19(26)2)24-8-5-7-22(28)15-24/h4-16H,17H2,1-3H3/b30-18+. The number of oxime groups is 1. The van der Waals surface area contributed by atoms with Gasteiger partial charge in [-0.05, 0) is 85.6 Å². The first-order valence-electron chi connectivity index (χ1n) is 10.5. The summed E-state index contributed by atoms with van der Waals surface area (Å²) in [5.41, 5.74) is 6.31. The van der Waals surface area contributed by atoms with Gasteiger partial charge in [0.05, 0.1) is 18.5 Å². The maximum Gasteiger partial charge on any atom is 0.142 e. The fourth-order valence-electron chi connectivity index (χ4n) is 3.77. The molecule has 0 saturated carbocycles. The number of benzene rings is 3. The Kier molecular flexibility index (Phi) is 6.80. The summed E-state index contributed by atoms with van der Waals surface area (Å²) in [6, 6.07) is 23.8. The minimum absolute atomic E-state index is 0.278. The maximum absolute atomic E-state index is 13.6. The molecule has 0 unspecified atom stereocenters. The smallest absolute Gasteiger partial charge is 0.142 e. The van der Waals surface area contributed by atoms with Crippen LogP contribution in [-0.4, -0.2) is 17.4 Å². The Morgan fingerprint density at radius 1 is 1.00 bits per heavy atom. The molecule has 0 spiro atoms. The molecule has 1 aromatic heterocycles. The highest BCUT2D eigenvalue weighted by Crippen LogP contribution is 2.31. The number of aromatic nitrogens is 1. The summed E-state index contributed by atoms with van der Waals surface area (Å²) in [5, 5.41) is 4.99. The lowest BCUT2D eigenvalue weighted by Crippen LogP contribution is -2.02. The summed E-state index contributed by atoms with van der Waals surface area (Å²) >= 11 is 6.27. The van der Waals surface area contributed by atoms with Crippen LogP contribution >= 0.6 is 11.6 Å².